The summed E-state index contributed by atoms with van der Waals surface area (Å²) in [6, 6.07) is 6.52. The van der Waals surface area contributed by atoms with Gasteiger partial charge in [0.2, 0.25) is 0 Å². The standard InChI is InChI=1S/C15H25N3O/c1-12(2)13-4-5-15(19-3)14(10-13)11-17-6-8-18(16)9-7-17/h4-5,10,12H,6-9,11,16H2,1-3H3. The summed E-state index contributed by atoms with van der Waals surface area (Å²) in [6.45, 7) is 9.30. The Morgan fingerprint density at radius 1 is 1.21 bits per heavy atom. The van der Waals surface area contributed by atoms with E-state index < -0.39 is 0 Å². The first-order chi connectivity index (χ1) is 9.10. The van der Waals surface area contributed by atoms with E-state index in [1.54, 1.807) is 7.11 Å². The SMILES string of the molecule is COc1ccc(C(C)C)cc1CN1CCN(N)CC1. The second-order valence-electron chi connectivity index (χ2n) is 5.54. The number of ether oxygens (including phenoxy) is 1. The highest BCUT2D eigenvalue weighted by atomic mass is 16.5. The van der Waals surface area contributed by atoms with Crippen LogP contribution in [0.2, 0.25) is 0 Å². The molecule has 0 saturated carbocycles. The third-order valence-electron chi connectivity index (χ3n) is 3.77. The second-order valence-corrected chi connectivity index (χ2v) is 5.54. The number of hydrogen-bond donors (Lipinski definition) is 1. The first-order valence-electron chi connectivity index (χ1n) is 6.99. The summed E-state index contributed by atoms with van der Waals surface area (Å²) in [6.07, 6.45) is 0. The van der Waals surface area contributed by atoms with Gasteiger partial charge in [0.15, 0.2) is 0 Å². The predicted molar refractivity (Wildman–Crippen MR) is 78.1 cm³/mol. The Balaban J connectivity index is 2.11. The summed E-state index contributed by atoms with van der Waals surface area (Å²) in [5, 5.41) is 1.89. The van der Waals surface area contributed by atoms with Crippen molar-refractivity contribution in [2.24, 2.45) is 5.84 Å². The van der Waals surface area contributed by atoms with Gasteiger partial charge in [0.25, 0.3) is 0 Å². The first-order valence-corrected chi connectivity index (χ1v) is 6.99. The first kappa shape index (κ1) is 14.3. The molecule has 0 unspecified atom stereocenters. The number of piperazine rings is 1. The zero-order valence-corrected chi connectivity index (χ0v) is 12.2. The third-order valence-corrected chi connectivity index (χ3v) is 3.77. The Morgan fingerprint density at radius 2 is 1.89 bits per heavy atom. The van der Waals surface area contributed by atoms with Crippen molar-refractivity contribution in [3.8, 4) is 5.75 Å². The lowest BCUT2D eigenvalue weighted by molar-refractivity contribution is 0.127. The van der Waals surface area contributed by atoms with Crippen LogP contribution in [0.3, 0.4) is 0 Å². The van der Waals surface area contributed by atoms with E-state index in [1.165, 1.54) is 11.1 Å². The summed E-state index contributed by atoms with van der Waals surface area (Å²) >= 11 is 0. The van der Waals surface area contributed by atoms with Crippen LogP contribution in [0.15, 0.2) is 18.2 Å². The van der Waals surface area contributed by atoms with Crippen LogP contribution in [-0.4, -0.2) is 43.2 Å². The summed E-state index contributed by atoms with van der Waals surface area (Å²) in [5.74, 6) is 7.32. The number of nitrogens with zero attached hydrogens (tertiary/aromatic N) is 2. The fraction of sp³-hybridized carbons (Fsp3) is 0.600. The molecule has 0 spiro atoms. The van der Waals surface area contributed by atoms with E-state index in [1.807, 2.05) is 5.01 Å². The molecule has 1 aliphatic rings. The van der Waals surface area contributed by atoms with Gasteiger partial charge in [-0.25, -0.2) is 5.01 Å². The van der Waals surface area contributed by atoms with Crippen LogP contribution in [0.1, 0.15) is 30.9 Å². The average Bonchev–Trinajstić information content (AvgIpc) is 2.41. The van der Waals surface area contributed by atoms with Gasteiger partial charge >= 0.3 is 0 Å². The zero-order chi connectivity index (χ0) is 13.8. The van der Waals surface area contributed by atoms with Crippen LogP contribution < -0.4 is 10.6 Å². The van der Waals surface area contributed by atoms with Gasteiger partial charge in [-0.1, -0.05) is 26.0 Å². The lowest BCUT2D eigenvalue weighted by Gasteiger charge is -2.32. The number of hydrogen-bond acceptors (Lipinski definition) is 4. The maximum absolute atomic E-state index is 5.79. The van der Waals surface area contributed by atoms with Crippen molar-refractivity contribution in [2.75, 3.05) is 33.3 Å². The summed E-state index contributed by atoms with van der Waals surface area (Å²) in [4.78, 5) is 2.44. The molecule has 0 aromatic heterocycles. The van der Waals surface area contributed by atoms with Crippen molar-refractivity contribution >= 4 is 0 Å². The van der Waals surface area contributed by atoms with E-state index in [-0.39, 0.29) is 0 Å². The van der Waals surface area contributed by atoms with E-state index in [9.17, 15) is 0 Å². The molecular weight excluding hydrogens is 238 g/mol. The molecule has 1 saturated heterocycles. The Morgan fingerprint density at radius 3 is 2.47 bits per heavy atom. The van der Waals surface area contributed by atoms with Gasteiger partial charge in [-0.3, -0.25) is 10.7 Å². The van der Waals surface area contributed by atoms with Crippen LogP contribution in [0.5, 0.6) is 5.75 Å². The van der Waals surface area contributed by atoms with E-state index in [4.69, 9.17) is 10.6 Å². The molecule has 0 aliphatic carbocycles. The minimum absolute atomic E-state index is 0.547. The smallest absolute Gasteiger partial charge is 0.123 e. The van der Waals surface area contributed by atoms with Gasteiger partial charge in [0, 0.05) is 38.3 Å². The zero-order valence-electron chi connectivity index (χ0n) is 12.2. The van der Waals surface area contributed by atoms with Gasteiger partial charge < -0.3 is 4.74 Å². The molecule has 1 aromatic rings. The van der Waals surface area contributed by atoms with E-state index in [2.05, 4.69) is 36.9 Å². The summed E-state index contributed by atoms with van der Waals surface area (Å²) in [7, 11) is 1.74. The largest absolute Gasteiger partial charge is 0.496 e. The maximum atomic E-state index is 5.79. The second kappa shape index (κ2) is 6.37. The lowest BCUT2D eigenvalue weighted by atomic mass is 10.00. The molecule has 1 heterocycles. The van der Waals surface area contributed by atoms with E-state index in [0.29, 0.717) is 5.92 Å². The van der Waals surface area contributed by atoms with E-state index >= 15 is 0 Å². The van der Waals surface area contributed by atoms with Crippen LogP contribution in [0.4, 0.5) is 0 Å². The molecule has 1 fully saturated rings. The van der Waals surface area contributed by atoms with Crippen molar-refractivity contribution in [3.63, 3.8) is 0 Å². The Kier molecular flexibility index (Phi) is 4.80. The van der Waals surface area contributed by atoms with Crippen molar-refractivity contribution in [2.45, 2.75) is 26.3 Å². The normalized spacial score (nSPS) is 17.9. The fourth-order valence-corrected chi connectivity index (χ4v) is 2.44. The Bertz CT molecular complexity index is 412. The highest BCUT2D eigenvalue weighted by Crippen LogP contribution is 2.25. The number of rotatable bonds is 4. The summed E-state index contributed by atoms with van der Waals surface area (Å²) < 4.78 is 5.48. The third kappa shape index (κ3) is 3.69. The van der Waals surface area contributed by atoms with Gasteiger partial charge in [0.1, 0.15) is 5.75 Å². The lowest BCUT2D eigenvalue weighted by Crippen LogP contribution is -2.48. The molecule has 0 amide bonds. The van der Waals surface area contributed by atoms with Crippen LogP contribution in [0.25, 0.3) is 0 Å². The van der Waals surface area contributed by atoms with Crippen molar-refractivity contribution < 1.29 is 4.74 Å². The molecule has 2 rings (SSSR count). The predicted octanol–water partition coefficient (Wildman–Crippen LogP) is 1.81. The molecule has 1 aromatic carbocycles. The topological polar surface area (TPSA) is 41.7 Å². The van der Waals surface area contributed by atoms with Crippen LogP contribution in [-0.2, 0) is 6.54 Å². The van der Waals surface area contributed by atoms with Crippen LogP contribution in [0, 0.1) is 0 Å². The van der Waals surface area contributed by atoms with Gasteiger partial charge in [-0.2, -0.15) is 0 Å². The van der Waals surface area contributed by atoms with Crippen molar-refractivity contribution in [1.82, 2.24) is 9.91 Å². The molecule has 4 nitrogen and oxygen atoms in total. The number of methoxy groups -OCH3 is 1. The molecule has 0 atom stereocenters. The van der Waals surface area contributed by atoms with Crippen LogP contribution >= 0.6 is 0 Å². The Hall–Kier alpha value is -1.10. The highest BCUT2D eigenvalue weighted by Gasteiger charge is 2.16. The molecule has 1 aliphatic heterocycles. The van der Waals surface area contributed by atoms with E-state index in [0.717, 1.165) is 38.5 Å². The van der Waals surface area contributed by atoms with Gasteiger partial charge in [0.05, 0.1) is 7.11 Å². The van der Waals surface area contributed by atoms with Crippen molar-refractivity contribution in [1.29, 1.82) is 0 Å². The highest BCUT2D eigenvalue weighted by molar-refractivity contribution is 5.38. The number of benzene rings is 1. The molecule has 0 bridgehead atoms. The summed E-state index contributed by atoms with van der Waals surface area (Å²) in [5.41, 5.74) is 2.65. The molecule has 2 N–H and O–H groups in total. The van der Waals surface area contributed by atoms with Gasteiger partial charge in [-0.05, 0) is 17.5 Å². The monoisotopic (exact) mass is 263 g/mol. The van der Waals surface area contributed by atoms with Gasteiger partial charge in [-0.15, -0.1) is 0 Å². The van der Waals surface area contributed by atoms with Crippen molar-refractivity contribution in [3.05, 3.63) is 29.3 Å². The number of hydrazine groups is 1. The number of nitrogens with two attached hydrogens (primary N) is 1. The molecule has 0 radical (unpaired) electrons. The molecule has 4 heteroatoms. The molecular formula is C15H25N3O. The molecule has 19 heavy (non-hydrogen) atoms. The fourth-order valence-electron chi connectivity index (χ4n) is 2.44. The quantitative estimate of drug-likeness (QED) is 0.841. The Labute approximate surface area is 116 Å². The molecule has 106 valence electrons. The minimum atomic E-state index is 0.547. The maximum Gasteiger partial charge on any atom is 0.123 e. The minimum Gasteiger partial charge on any atom is -0.496 e. The average molecular weight is 263 g/mol.